The van der Waals surface area contributed by atoms with Gasteiger partial charge in [-0.2, -0.15) is 11.8 Å². The normalized spacial score (nSPS) is 12.4. The maximum absolute atomic E-state index is 13.1. The highest BCUT2D eigenvalue weighted by Crippen LogP contribution is 2.13. The molecule has 11 nitrogen and oxygen atoms in total. The third-order valence-corrected chi connectivity index (χ3v) is 7.59. The Labute approximate surface area is 274 Å². The van der Waals surface area contributed by atoms with Crippen molar-refractivity contribution in [1.82, 2.24) is 10.6 Å². The summed E-state index contributed by atoms with van der Waals surface area (Å²) in [5, 5.41) is 5.09. The van der Waals surface area contributed by atoms with Crippen molar-refractivity contribution in [3.05, 3.63) is 12.7 Å². The minimum absolute atomic E-state index is 0.0296. The number of amides is 2. The van der Waals surface area contributed by atoms with Crippen molar-refractivity contribution in [2.24, 2.45) is 0 Å². The highest BCUT2D eigenvalue weighted by Gasteiger charge is 2.29. The molecule has 0 aliphatic carbocycles. The van der Waals surface area contributed by atoms with Crippen LogP contribution in [0, 0.1) is 0 Å². The molecule has 0 spiro atoms. The summed E-state index contributed by atoms with van der Waals surface area (Å²) in [5.74, 6) is -1.68. The molecule has 0 aromatic heterocycles. The number of carbonyl (C=O) groups is 5. The summed E-state index contributed by atoms with van der Waals surface area (Å²) in [6.07, 6.45) is 14.1. The van der Waals surface area contributed by atoms with Gasteiger partial charge < -0.3 is 29.6 Å². The lowest BCUT2D eigenvalue weighted by Gasteiger charge is -2.24. The summed E-state index contributed by atoms with van der Waals surface area (Å²) >= 11 is 1.30. The molecule has 0 aliphatic heterocycles. The van der Waals surface area contributed by atoms with Crippen LogP contribution in [-0.4, -0.2) is 79.4 Å². The first kappa shape index (κ1) is 42.2. The van der Waals surface area contributed by atoms with E-state index in [2.05, 4.69) is 24.1 Å². The first-order valence-electron chi connectivity index (χ1n) is 16.3. The van der Waals surface area contributed by atoms with E-state index in [9.17, 15) is 24.0 Å². The van der Waals surface area contributed by atoms with Crippen molar-refractivity contribution in [2.75, 3.05) is 31.8 Å². The van der Waals surface area contributed by atoms with Crippen LogP contribution in [0.5, 0.6) is 0 Å². The lowest BCUT2D eigenvalue weighted by Crippen LogP contribution is -2.53. The molecule has 0 saturated carbocycles. The molecule has 12 heteroatoms. The van der Waals surface area contributed by atoms with Gasteiger partial charge in [-0.15, -0.1) is 0 Å². The Morgan fingerprint density at radius 1 is 0.800 bits per heavy atom. The zero-order chi connectivity index (χ0) is 33.9. The molecule has 0 aromatic carbocycles. The number of carbonyl (C=O) groups excluding carboxylic acids is 5. The molecule has 2 atom stereocenters. The van der Waals surface area contributed by atoms with Gasteiger partial charge in [-0.25, -0.2) is 9.59 Å². The van der Waals surface area contributed by atoms with E-state index in [4.69, 9.17) is 18.9 Å². The first-order valence-corrected chi connectivity index (χ1v) is 17.5. The third-order valence-electron chi connectivity index (χ3n) is 6.57. The lowest BCUT2D eigenvalue weighted by atomic mass is 10.1. The standard InChI is InChI=1S/C33H58N2O9S/c1-7-9-10-11-12-13-14-15-16-17-18-19-28(36)43-23-24-45-25-27(35-32(40)44-33(3,4)5)30(38)34-26(31(39)41-6)20-21-29(37)42-22-8-2/h8,26-27H,2,7,9-25H2,1,3-6H3,(H,34,38)(H,35,40)/t26-,27-/m0/s1. The Kier molecular flexibility index (Phi) is 24.8. The number of ether oxygens (including phenoxy) is 4. The number of rotatable bonds is 26. The van der Waals surface area contributed by atoms with E-state index in [1.165, 1.54) is 76.3 Å². The van der Waals surface area contributed by atoms with Crippen LogP contribution in [0.2, 0.25) is 0 Å². The highest BCUT2D eigenvalue weighted by atomic mass is 32.2. The van der Waals surface area contributed by atoms with Gasteiger partial charge in [-0.3, -0.25) is 14.4 Å². The first-order chi connectivity index (χ1) is 21.4. The maximum Gasteiger partial charge on any atom is 0.408 e. The molecule has 0 unspecified atom stereocenters. The Balaban J connectivity index is 4.65. The molecule has 0 aliphatic rings. The molecule has 0 fully saturated rings. The van der Waals surface area contributed by atoms with Crippen molar-refractivity contribution in [3.8, 4) is 0 Å². The lowest BCUT2D eigenvalue weighted by molar-refractivity contribution is -0.147. The van der Waals surface area contributed by atoms with Crippen LogP contribution in [-0.2, 0) is 38.1 Å². The molecule has 0 radical (unpaired) electrons. The Morgan fingerprint density at radius 3 is 1.93 bits per heavy atom. The quantitative estimate of drug-likeness (QED) is 0.0489. The average molecular weight is 659 g/mol. The van der Waals surface area contributed by atoms with Crippen molar-refractivity contribution in [3.63, 3.8) is 0 Å². The van der Waals surface area contributed by atoms with E-state index in [1.54, 1.807) is 20.8 Å². The summed E-state index contributed by atoms with van der Waals surface area (Å²) in [5.41, 5.74) is -0.791. The molecular formula is C33H58N2O9S. The Hall–Kier alpha value is -2.76. The molecule has 260 valence electrons. The van der Waals surface area contributed by atoms with Crippen molar-refractivity contribution >= 4 is 41.7 Å². The third kappa shape index (κ3) is 25.2. The number of methoxy groups -OCH3 is 1. The smallest absolute Gasteiger partial charge is 0.408 e. The zero-order valence-corrected chi connectivity index (χ0v) is 29.1. The number of nitrogens with one attached hydrogen (secondary N) is 2. The fourth-order valence-electron chi connectivity index (χ4n) is 4.20. The largest absolute Gasteiger partial charge is 0.467 e. The number of alkyl carbamates (subject to hydrolysis) is 1. The van der Waals surface area contributed by atoms with E-state index in [-0.39, 0.29) is 37.8 Å². The summed E-state index contributed by atoms with van der Waals surface area (Å²) < 4.78 is 20.3. The van der Waals surface area contributed by atoms with Crippen LogP contribution in [0.1, 0.15) is 118 Å². The maximum atomic E-state index is 13.1. The molecular weight excluding hydrogens is 600 g/mol. The Bertz CT molecular complexity index is 877. The second-order valence-corrected chi connectivity index (χ2v) is 13.0. The fraction of sp³-hybridized carbons (Fsp3) is 0.788. The zero-order valence-electron chi connectivity index (χ0n) is 28.2. The minimum Gasteiger partial charge on any atom is -0.467 e. The Morgan fingerprint density at radius 2 is 1.38 bits per heavy atom. The van der Waals surface area contributed by atoms with Crippen LogP contribution in [0.15, 0.2) is 12.7 Å². The van der Waals surface area contributed by atoms with Crippen LogP contribution < -0.4 is 10.6 Å². The molecule has 2 N–H and O–H groups in total. The minimum atomic E-state index is -1.14. The topological polar surface area (TPSA) is 146 Å². The monoisotopic (exact) mass is 658 g/mol. The van der Waals surface area contributed by atoms with E-state index < -0.39 is 41.6 Å². The van der Waals surface area contributed by atoms with E-state index in [1.807, 2.05) is 0 Å². The molecule has 0 aromatic rings. The second kappa shape index (κ2) is 26.5. The second-order valence-electron chi connectivity index (χ2n) is 11.9. The van der Waals surface area contributed by atoms with Gasteiger partial charge in [0.05, 0.1) is 7.11 Å². The van der Waals surface area contributed by atoms with Gasteiger partial charge >= 0.3 is 24.0 Å². The van der Waals surface area contributed by atoms with Crippen LogP contribution in [0.25, 0.3) is 0 Å². The van der Waals surface area contributed by atoms with Crippen LogP contribution in [0.3, 0.4) is 0 Å². The molecule has 0 saturated heterocycles. The molecule has 0 heterocycles. The number of unbranched alkanes of at least 4 members (excludes halogenated alkanes) is 10. The van der Waals surface area contributed by atoms with Gasteiger partial charge in [0.15, 0.2) is 0 Å². The number of hydrogen-bond acceptors (Lipinski definition) is 10. The van der Waals surface area contributed by atoms with Gasteiger partial charge in [0, 0.05) is 24.3 Å². The van der Waals surface area contributed by atoms with Gasteiger partial charge in [-0.05, 0) is 33.6 Å². The van der Waals surface area contributed by atoms with E-state index in [0.717, 1.165) is 19.3 Å². The van der Waals surface area contributed by atoms with Crippen molar-refractivity contribution in [1.29, 1.82) is 0 Å². The number of thioether (sulfide) groups is 1. The van der Waals surface area contributed by atoms with Crippen LogP contribution >= 0.6 is 11.8 Å². The summed E-state index contributed by atoms with van der Waals surface area (Å²) in [6.45, 7) is 11.0. The van der Waals surface area contributed by atoms with Gasteiger partial charge in [-0.1, -0.05) is 83.8 Å². The molecule has 2 amide bonds. The SMILES string of the molecule is C=CCOC(=O)CC[C@H](NC(=O)[C@H](CSCCOC(=O)CCCCCCCCCCCCC)NC(=O)OC(C)(C)C)C(=O)OC. The predicted octanol–water partition coefficient (Wildman–Crippen LogP) is 6.02. The van der Waals surface area contributed by atoms with E-state index in [0.29, 0.717) is 12.2 Å². The number of hydrogen-bond donors (Lipinski definition) is 2. The summed E-state index contributed by atoms with van der Waals surface area (Å²) in [4.78, 5) is 61.9. The van der Waals surface area contributed by atoms with Crippen molar-refractivity contribution < 1.29 is 42.9 Å². The number of esters is 3. The highest BCUT2D eigenvalue weighted by molar-refractivity contribution is 7.99. The predicted molar refractivity (Wildman–Crippen MR) is 177 cm³/mol. The summed E-state index contributed by atoms with van der Waals surface area (Å²) in [6, 6.07) is -2.21. The van der Waals surface area contributed by atoms with Crippen molar-refractivity contribution in [2.45, 2.75) is 135 Å². The van der Waals surface area contributed by atoms with Gasteiger partial charge in [0.1, 0.15) is 30.9 Å². The molecule has 0 bridgehead atoms. The van der Waals surface area contributed by atoms with E-state index >= 15 is 0 Å². The van der Waals surface area contributed by atoms with Gasteiger partial charge in [0.2, 0.25) is 5.91 Å². The molecule has 0 rings (SSSR count). The molecule has 45 heavy (non-hydrogen) atoms. The fourth-order valence-corrected chi connectivity index (χ4v) is 5.04. The van der Waals surface area contributed by atoms with Gasteiger partial charge in [0.25, 0.3) is 0 Å². The summed E-state index contributed by atoms with van der Waals surface area (Å²) in [7, 11) is 1.17. The van der Waals surface area contributed by atoms with Crippen LogP contribution in [0.4, 0.5) is 4.79 Å². The average Bonchev–Trinajstić information content (AvgIpc) is 2.98.